The molecule has 0 atom stereocenters. The number of anilines is 2. The van der Waals surface area contributed by atoms with Crippen molar-refractivity contribution < 1.29 is 18.1 Å². The van der Waals surface area contributed by atoms with Gasteiger partial charge in [-0.05, 0) is 24.3 Å². The monoisotopic (exact) mass is 378 g/mol. The maximum atomic E-state index is 12.2. The van der Waals surface area contributed by atoms with Crippen LogP contribution in [0.3, 0.4) is 0 Å². The summed E-state index contributed by atoms with van der Waals surface area (Å²) in [5.41, 5.74) is 1.10. The van der Waals surface area contributed by atoms with E-state index < -0.39 is 20.9 Å². The molecule has 0 unspecified atom stereocenters. The number of hydrogen-bond acceptors (Lipinski definition) is 6. The summed E-state index contributed by atoms with van der Waals surface area (Å²) >= 11 is 0. The molecule has 0 bridgehead atoms. The minimum absolute atomic E-state index is 0.00108. The minimum Gasteiger partial charge on any atom is -0.383 e. The summed E-state index contributed by atoms with van der Waals surface area (Å²) in [5, 5.41) is 16.3. The zero-order valence-corrected chi connectivity index (χ0v) is 14.7. The molecule has 138 valence electrons. The van der Waals surface area contributed by atoms with Gasteiger partial charge in [0.15, 0.2) is 0 Å². The van der Waals surface area contributed by atoms with Crippen LogP contribution in [0.25, 0.3) is 0 Å². The van der Waals surface area contributed by atoms with E-state index in [1.54, 1.807) is 24.3 Å². The first kappa shape index (κ1) is 19.2. The minimum atomic E-state index is -3.49. The molecular formula is C16H18N4O5S. The normalized spacial score (nSPS) is 10.8. The van der Waals surface area contributed by atoms with E-state index in [4.69, 9.17) is 0 Å². The molecule has 2 aromatic carbocycles. The quantitative estimate of drug-likeness (QED) is 0.365. The summed E-state index contributed by atoms with van der Waals surface area (Å²) in [6, 6.07) is 12.2. The summed E-state index contributed by atoms with van der Waals surface area (Å²) < 4.78 is 25.0. The molecule has 9 nitrogen and oxygen atoms in total. The van der Waals surface area contributed by atoms with Crippen LogP contribution in [0, 0.1) is 10.1 Å². The molecule has 2 aromatic rings. The van der Waals surface area contributed by atoms with Crippen molar-refractivity contribution in [2.24, 2.45) is 0 Å². The second-order valence-corrected chi connectivity index (χ2v) is 7.15. The highest BCUT2D eigenvalue weighted by molar-refractivity contribution is 7.92. The van der Waals surface area contributed by atoms with Crippen molar-refractivity contribution in [1.82, 2.24) is 5.32 Å². The highest BCUT2D eigenvalue weighted by Gasteiger charge is 2.13. The van der Waals surface area contributed by atoms with Crippen LogP contribution in [-0.4, -0.2) is 38.6 Å². The molecule has 0 radical (unpaired) electrons. The van der Waals surface area contributed by atoms with Crippen molar-refractivity contribution >= 4 is 33.0 Å². The first-order chi connectivity index (χ1) is 12.3. The molecular weight excluding hydrogens is 360 g/mol. The van der Waals surface area contributed by atoms with Crippen molar-refractivity contribution in [2.45, 2.75) is 0 Å². The Bertz CT molecular complexity index is 897. The Hall–Kier alpha value is -3.14. The number of nitrogens with zero attached hydrogens (tertiary/aromatic N) is 1. The van der Waals surface area contributed by atoms with Crippen molar-refractivity contribution in [3.63, 3.8) is 0 Å². The van der Waals surface area contributed by atoms with E-state index in [9.17, 15) is 23.3 Å². The number of hydrogen-bond donors (Lipinski definition) is 3. The fourth-order valence-corrected chi connectivity index (χ4v) is 2.73. The third-order valence-electron chi connectivity index (χ3n) is 3.28. The van der Waals surface area contributed by atoms with Crippen molar-refractivity contribution in [3.05, 3.63) is 64.2 Å². The third kappa shape index (κ3) is 5.74. The van der Waals surface area contributed by atoms with E-state index in [2.05, 4.69) is 15.4 Å². The zero-order chi connectivity index (χ0) is 19.2. The number of rotatable bonds is 8. The number of carbonyl (C=O) groups excluding carboxylic acids is 1. The van der Waals surface area contributed by atoms with Gasteiger partial charge in [-0.15, -0.1) is 0 Å². The number of sulfonamides is 1. The van der Waals surface area contributed by atoms with Crippen molar-refractivity contribution in [2.75, 3.05) is 29.4 Å². The summed E-state index contributed by atoms with van der Waals surface area (Å²) in [6.45, 7) is 0.675. The Morgan fingerprint density at radius 2 is 1.73 bits per heavy atom. The second-order valence-electron chi connectivity index (χ2n) is 5.41. The Labute approximate surface area is 150 Å². The lowest BCUT2D eigenvalue weighted by atomic mass is 10.1. The molecule has 0 heterocycles. The van der Waals surface area contributed by atoms with Crippen LogP contribution >= 0.6 is 0 Å². The van der Waals surface area contributed by atoms with Gasteiger partial charge in [-0.2, -0.15) is 0 Å². The molecule has 10 heteroatoms. The first-order valence-corrected chi connectivity index (χ1v) is 9.49. The molecule has 0 spiro atoms. The third-order valence-corrected chi connectivity index (χ3v) is 3.88. The largest absolute Gasteiger partial charge is 0.383 e. The van der Waals surface area contributed by atoms with E-state index in [-0.39, 0.29) is 23.5 Å². The van der Waals surface area contributed by atoms with Crippen molar-refractivity contribution in [1.29, 1.82) is 0 Å². The van der Waals surface area contributed by atoms with Crippen LogP contribution in [0.5, 0.6) is 0 Å². The molecule has 26 heavy (non-hydrogen) atoms. The lowest BCUT2D eigenvalue weighted by Crippen LogP contribution is -2.29. The number of benzene rings is 2. The lowest BCUT2D eigenvalue weighted by Gasteiger charge is -2.11. The van der Waals surface area contributed by atoms with Gasteiger partial charge in [0.25, 0.3) is 11.6 Å². The highest BCUT2D eigenvalue weighted by atomic mass is 32.2. The molecule has 3 N–H and O–H groups in total. The Morgan fingerprint density at radius 3 is 2.35 bits per heavy atom. The SMILES string of the molecule is CS(=O)(=O)Nc1ccccc1C(=O)NCCNc1ccc([N+](=O)[O-])cc1. The molecule has 0 aliphatic heterocycles. The molecule has 0 aliphatic carbocycles. The van der Waals surface area contributed by atoms with E-state index in [1.807, 2.05) is 0 Å². The standard InChI is InChI=1S/C16H18N4O5S/c1-26(24,25)19-15-5-3-2-4-14(15)16(21)18-11-10-17-12-6-8-13(9-7-12)20(22)23/h2-9,17,19H,10-11H2,1H3,(H,18,21). The van der Waals surface area contributed by atoms with Gasteiger partial charge in [-0.1, -0.05) is 12.1 Å². The molecule has 1 amide bonds. The second kappa shape index (κ2) is 8.30. The fraction of sp³-hybridized carbons (Fsp3) is 0.188. The summed E-state index contributed by atoms with van der Waals surface area (Å²) in [4.78, 5) is 22.3. The van der Waals surface area contributed by atoms with Gasteiger partial charge in [0.05, 0.1) is 22.4 Å². The Morgan fingerprint density at radius 1 is 1.08 bits per heavy atom. The average Bonchev–Trinajstić information content (AvgIpc) is 2.58. The molecule has 0 aliphatic rings. The Balaban J connectivity index is 1.88. The summed E-state index contributed by atoms with van der Waals surface area (Å²) in [7, 11) is -3.49. The van der Waals surface area contributed by atoms with Gasteiger partial charge in [0.1, 0.15) is 0 Å². The number of nitrogens with one attached hydrogen (secondary N) is 3. The van der Waals surface area contributed by atoms with Gasteiger partial charge in [-0.25, -0.2) is 8.42 Å². The number of carbonyl (C=O) groups is 1. The van der Waals surface area contributed by atoms with E-state index in [0.29, 0.717) is 12.2 Å². The molecule has 0 aromatic heterocycles. The van der Waals surface area contributed by atoms with Crippen LogP contribution in [0.2, 0.25) is 0 Å². The van der Waals surface area contributed by atoms with Gasteiger partial charge >= 0.3 is 0 Å². The van der Waals surface area contributed by atoms with Gasteiger partial charge in [0.2, 0.25) is 10.0 Å². The van der Waals surface area contributed by atoms with E-state index >= 15 is 0 Å². The number of amides is 1. The predicted molar refractivity (Wildman–Crippen MR) is 98.8 cm³/mol. The van der Waals surface area contributed by atoms with Crippen LogP contribution in [0.1, 0.15) is 10.4 Å². The van der Waals surface area contributed by atoms with Crippen LogP contribution < -0.4 is 15.4 Å². The topological polar surface area (TPSA) is 130 Å². The number of nitro benzene ring substituents is 1. The summed E-state index contributed by atoms with van der Waals surface area (Å²) in [5.74, 6) is -0.415. The lowest BCUT2D eigenvalue weighted by molar-refractivity contribution is -0.384. The number of nitro groups is 1. The number of para-hydroxylation sites is 1. The molecule has 2 rings (SSSR count). The smallest absolute Gasteiger partial charge is 0.269 e. The molecule has 0 fully saturated rings. The first-order valence-electron chi connectivity index (χ1n) is 7.59. The fourth-order valence-electron chi connectivity index (χ4n) is 2.15. The van der Waals surface area contributed by atoms with Gasteiger partial charge < -0.3 is 10.6 Å². The maximum Gasteiger partial charge on any atom is 0.269 e. The van der Waals surface area contributed by atoms with Crippen molar-refractivity contribution in [3.8, 4) is 0 Å². The van der Waals surface area contributed by atoms with E-state index in [0.717, 1.165) is 6.26 Å². The number of non-ortho nitro benzene ring substituents is 1. The van der Waals surface area contributed by atoms with Gasteiger partial charge in [0, 0.05) is 30.9 Å². The average molecular weight is 378 g/mol. The summed E-state index contributed by atoms with van der Waals surface area (Å²) in [6.07, 6.45) is 1.01. The molecule has 0 saturated heterocycles. The highest BCUT2D eigenvalue weighted by Crippen LogP contribution is 2.16. The van der Waals surface area contributed by atoms with E-state index in [1.165, 1.54) is 24.3 Å². The van der Waals surface area contributed by atoms with Crippen LogP contribution in [0.4, 0.5) is 17.1 Å². The maximum absolute atomic E-state index is 12.2. The van der Waals surface area contributed by atoms with Gasteiger partial charge in [-0.3, -0.25) is 19.6 Å². The predicted octanol–water partition coefficient (Wildman–Crippen LogP) is 1.81. The zero-order valence-electron chi connectivity index (χ0n) is 13.9. The molecule has 0 saturated carbocycles. The van der Waals surface area contributed by atoms with Crippen LogP contribution in [0.15, 0.2) is 48.5 Å². The van der Waals surface area contributed by atoms with Crippen LogP contribution in [-0.2, 0) is 10.0 Å². The Kier molecular flexibility index (Phi) is 6.12.